The normalized spacial score (nSPS) is 16.6. The lowest BCUT2D eigenvalue weighted by atomic mass is 9.87. The van der Waals surface area contributed by atoms with Crippen molar-refractivity contribution < 1.29 is 22.7 Å². The number of aromatic hydroxyl groups is 1. The molecule has 154 valence electrons. The number of phenols is 1. The summed E-state index contributed by atoms with van der Waals surface area (Å²) in [6.45, 7) is 2.66. The van der Waals surface area contributed by atoms with Gasteiger partial charge in [-0.2, -0.15) is 4.99 Å². The number of nitrogens with two attached hydrogens (primary N) is 1. The van der Waals surface area contributed by atoms with E-state index < -0.39 is 26.3 Å². The van der Waals surface area contributed by atoms with Crippen LogP contribution in [-0.4, -0.2) is 48.8 Å². The summed E-state index contributed by atoms with van der Waals surface area (Å²) >= 11 is 0. The Hall–Kier alpha value is -2.49. The van der Waals surface area contributed by atoms with Gasteiger partial charge in [0.25, 0.3) is 0 Å². The van der Waals surface area contributed by atoms with E-state index in [1.165, 1.54) is 33.0 Å². The third-order valence-corrected chi connectivity index (χ3v) is 7.55. The molecule has 2 rings (SSSR count). The number of halogens is 1. The zero-order valence-corrected chi connectivity index (χ0v) is 16.9. The highest BCUT2D eigenvalue weighted by Gasteiger charge is 2.43. The molecule has 0 saturated heterocycles. The molecular weight excluding hydrogens is 387 g/mol. The van der Waals surface area contributed by atoms with Gasteiger partial charge in [0.1, 0.15) is 22.1 Å². The number of hydrogen-bond donors (Lipinski definition) is 3. The third kappa shape index (κ3) is 4.67. The number of rotatable bonds is 5. The van der Waals surface area contributed by atoms with Gasteiger partial charge in [0.15, 0.2) is 9.84 Å². The van der Waals surface area contributed by atoms with E-state index in [-0.39, 0.29) is 34.8 Å². The van der Waals surface area contributed by atoms with E-state index in [9.17, 15) is 22.7 Å². The Balaban J connectivity index is 2.17. The second-order valence-corrected chi connectivity index (χ2v) is 9.83. The van der Waals surface area contributed by atoms with Gasteiger partial charge in [-0.1, -0.05) is 6.42 Å². The van der Waals surface area contributed by atoms with Crippen LogP contribution < -0.4 is 11.1 Å². The van der Waals surface area contributed by atoms with Gasteiger partial charge in [-0.25, -0.2) is 12.8 Å². The fourth-order valence-electron chi connectivity index (χ4n) is 2.59. The molecule has 0 atom stereocenters. The molecular formula is C18H25FN4O4S. The molecule has 0 aliphatic heterocycles. The van der Waals surface area contributed by atoms with Crippen LogP contribution in [0.4, 0.5) is 4.39 Å². The Morgan fingerprint density at radius 3 is 2.54 bits per heavy atom. The maximum atomic E-state index is 13.9. The van der Waals surface area contributed by atoms with Crippen molar-refractivity contribution >= 4 is 27.5 Å². The minimum atomic E-state index is -3.70. The summed E-state index contributed by atoms with van der Waals surface area (Å²) in [7, 11) is -2.37. The van der Waals surface area contributed by atoms with Gasteiger partial charge in [-0.3, -0.25) is 15.1 Å². The van der Waals surface area contributed by atoms with Crippen molar-refractivity contribution in [1.29, 1.82) is 0 Å². The van der Waals surface area contributed by atoms with Crippen molar-refractivity contribution in [3.05, 3.63) is 29.6 Å². The number of benzene rings is 1. The topological polar surface area (TPSA) is 134 Å². The Morgan fingerprint density at radius 1 is 1.39 bits per heavy atom. The van der Waals surface area contributed by atoms with Crippen molar-refractivity contribution in [1.82, 2.24) is 5.32 Å². The predicted molar refractivity (Wildman–Crippen MR) is 105 cm³/mol. The van der Waals surface area contributed by atoms with Crippen LogP contribution in [0.2, 0.25) is 0 Å². The first-order valence-electron chi connectivity index (χ1n) is 8.81. The summed E-state index contributed by atoms with van der Waals surface area (Å²) in [6.07, 6.45) is 2.69. The van der Waals surface area contributed by atoms with E-state index in [0.717, 1.165) is 25.3 Å². The van der Waals surface area contributed by atoms with Gasteiger partial charge in [0, 0.05) is 13.1 Å². The highest BCUT2D eigenvalue weighted by atomic mass is 32.2. The lowest BCUT2D eigenvalue weighted by Gasteiger charge is -2.30. The molecule has 0 unspecified atom stereocenters. The van der Waals surface area contributed by atoms with Gasteiger partial charge >= 0.3 is 0 Å². The van der Waals surface area contributed by atoms with E-state index in [4.69, 9.17) is 5.73 Å². The molecule has 0 aromatic heterocycles. The third-order valence-electron chi connectivity index (χ3n) is 4.90. The Kier molecular flexibility index (Phi) is 6.43. The second kappa shape index (κ2) is 8.26. The number of phenolic OH excluding ortho intramolecular Hbond substituents is 1. The monoisotopic (exact) mass is 412 g/mol. The molecule has 0 bridgehead atoms. The average molecular weight is 412 g/mol. The molecule has 0 spiro atoms. The smallest absolute Gasteiger partial charge is 0.247 e. The Labute approximate surface area is 163 Å². The molecule has 28 heavy (non-hydrogen) atoms. The molecule has 1 aliphatic carbocycles. The fourth-order valence-corrected chi connectivity index (χ4v) is 4.30. The number of carbonyl (C=O) groups is 1. The van der Waals surface area contributed by atoms with Crippen molar-refractivity contribution in [3.63, 3.8) is 0 Å². The maximum absolute atomic E-state index is 13.9. The molecule has 0 radical (unpaired) electrons. The summed E-state index contributed by atoms with van der Waals surface area (Å²) in [5.41, 5.74) is 5.67. The molecule has 1 aromatic carbocycles. The van der Waals surface area contributed by atoms with Crippen LogP contribution in [0, 0.1) is 11.7 Å². The largest absolute Gasteiger partial charge is 0.508 e. The minimum Gasteiger partial charge on any atom is -0.508 e. The van der Waals surface area contributed by atoms with Crippen LogP contribution in [-0.2, 0) is 14.6 Å². The van der Waals surface area contributed by atoms with E-state index in [0.29, 0.717) is 0 Å². The maximum Gasteiger partial charge on any atom is 0.247 e. The predicted octanol–water partition coefficient (Wildman–Crippen LogP) is 1.33. The standard InChI is InChI=1S/C18H25FN4O4S/c1-18(2,28(26,27)10-11-5-4-6-11)16(25)23-17(21-3)22-15(20)13-8-7-12(24)9-14(13)19/h7-9,11,24H,4-6,10H2,1-3H3,(H3,20,21,22,23,25). The zero-order chi connectivity index (χ0) is 21.1. The second-order valence-electron chi connectivity index (χ2n) is 7.25. The van der Waals surface area contributed by atoms with E-state index >= 15 is 0 Å². The van der Waals surface area contributed by atoms with Crippen molar-refractivity contribution in [2.24, 2.45) is 21.6 Å². The SMILES string of the molecule is CN=C(N=C(N)c1ccc(O)cc1F)NC(=O)C(C)(C)S(=O)(=O)CC1CCC1. The number of amidine groups is 1. The molecule has 8 nitrogen and oxygen atoms in total. The molecule has 1 aromatic rings. The summed E-state index contributed by atoms with van der Waals surface area (Å²) < 4.78 is 37.5. The summed E-state index contributed by atoms with van der Waals surface area (Å²) in [5.74, 6) is -2.36. The van der Waals surface area contributed by atoms with Crippen LogP contribution >= 0.6 is 0 Å². The van der Waals surface area contributed by atoms with E-state index in [1.807, 2.05) is 0 Å². The van der Waals surface area contributed by atoms with Crippen LogP contribution in [0.15, 0.2) is 28.2 Å². The number of nitrogens with one attached hydrogen (secondary N) is 1. The molecule has 0 heterocycles. The first-order chi connectivity index (χ1) is 13.0. The molecule has 4 N–H and O–H groups in total. The van der Waals surface area contributed by atoms with Gasteiger partial charge in [-0.15, -0.1) is 0 Å². The van der Waals surface area contributed by atoms with Crippen molar-refractivity contribution in [2.45, 2.75) is 37.9 Å². The average Bonchev–Trinajstić information content (AvgIpc) is 2.57. The number of nitrogens with zero attached hydrogens (tertiary/aromatic N) is 2. The molecule has 10 heteroatoms. The Bertz CT molecular complexity index is 922. The quantitative estimate of drug-likeness (QED) is 0.495. The lowest BCUT2D eigenvalue weighted by Crippen LogP contribution is -2.51. The number of aliphatic imine (C=N–C) groups is 2. The molecule has 1 aliphatic rings. The lowest BCUT2D eigenvalue weighted by molar-refractivity contribution is -0.121. The van der Waals surface area contributed by atoms with Crippen LogP contribution in [0.1, 0.15) is 38.7 Å². The highest BCUT2D eigenvalue weighted by molar-refractivity contribution is 7.93. The van der Waals surface area contributed by atoms with E-state index in [1.54, 1.807) is 0 Å². The zero-order valence-electron chi connectivity index (χ0n) is 16.1. The van der Waals surface area contributed by atoms with E-state index in [2.05, 4.69) is 15.3 Å². The number of sulfone groups is 1. The van der Waals surface area contributed by atoms with Gasteiger partial charge in [0.2, 0.25) is 11.9 Å². The van der Waals surface area contributed by atoms with Gasteiger partial charge in [0.05, 0.1) is 11.3 Å². The van der Waals surface area contributed by atoms with Crippen molar-refractivity contribution in [3.8, 4) is 5.75 Å². The number of guanidine groups is 1. The first-order valence-corrected chi connectivity index (χ1v) is 10.5. The summed E-state index contributed by atoms with van der Waals surface area (Å²) in [4.78, 5) is 20.3. The van der Waals surface area contributed by atoms with Crippen LogP contribution in [0.3, 0.4) is 0 Å². The summed E-state index contributed by atoms with van der Waals surface area (Å²) in [5, 5.41) is 11.6. The van der Waals surface area contributed by atoms with Gasteiger partial charge in [-0.05, 0) is 44.7 Å². The summed E-state index contributed by atoms with van der Waals surface area (Å²) in [6, 6.07) is 3.33. The molecule has 1 amide bonds. The van der Waals surface area contributed by atoms with Crippen LogP contribution in [0.5, 0.6) is 5.75 Å². The fraction of sp³-hybridized carbons (Fsp3) is 0.500. The first kappa shape index (κ1) is 21.8. The van der Waals surface area contributed by atoms with Gasteiger partial charge < -0.3 is 10.8 Å². The number of amides is 1. The number of hydrogen-bond acceptors (Lipinski definition) is 5. The van der Waals surface area contributed by atoms with Crippen LogP contribution in [0.25, 0.3) is 0 Å². The highest BCUT2D eigenvalue weighted by Crippen LogP contribution is 2.31. The Morgan fingerprint density at radius 2 is 2.04 bits per heavy atom. The molecule has 1 fully saturated rings. The number of carbonyl (C=O) groups excluding carboxylic acids is 1. The molecule has 1 saturated carbocycles. The minimum absolute atomic E-state index is 0.0455. The van der Waals surface area contributed by atoms with Crippen molar-refractivity contribution in [2.75, 3.05) is 12.8 Å².